The molecule has 4 nitrogen and oxygen atoms in total. The Hall–Kier alpha value is -0.610. The van der Waals surface area contributed by atoms with E-state index >= 15 is 0 Å². The van der Waals surface area contributed by atoms with Gasteiger partial charge in [0.05, 0.1) is 18.3 Å². The zero-order valence-corrected chi connectivity index (χ0v) is 11.9. The van der Waals surface area contributed by atoms with Gasteiger partial charge in [0.15, 0.2) is 0 Å². The first-order chi connectivity index (χ1) is 7.25. The molecule has 0 spiro atoms. The summed E-state index contributed by atoms with van der Waals surface area (Å²) in [6, 6.07) is 0. The van der Waals surface area contributed by atoms with Crippen molar-refractivity contribution < 1.29 is 19.4 Å². The summed E-state index contributed by atoms with van der Waals surface area (Å²) < 4.78 is 9.86. The van der Waals surface area contributed by atoms with Crippen LogP contribution in [0.3, 0.4) is 0 Å². The number of aliphatic hydroxyl groups is 1. The monoisotopic (exact) mass is 236 g/mol. The van der Waals surface area contributed by atoms with E-state index in [4.69, 9.17) is 9.84 Å². The molecule has 1 N–H and O–H groups in total. The summed E-state index contributed by atoms with van der Waals surface area (Å²) in [4.78, 5) is 10.0. The van der Waals surface area contributed by atoms with Crippen LogP contribution in [0.1, 0.15) is 48.5 Å². The van der Waals surface area contributed by atoms with Crippen LogP contribution in [0.4, 0.5) is 0 Å². The second-order valence-corrected chi connectivity index (χ2v) is 3.89. The molecule has 0 aromatic rings. The summed E-state index contributed by atoms with van der Waals surface area (Å²) in [6.07, 6.45) is 0.775. The van der Waals surface area contributed by atoms with Crippen molar-refractivity contribution in [2.45, 2.75) is 66.8 Å². The van der Waals surface area contributed by atoms with Crippen LogP contribution in [0.15, 0.2) is 0 Å². The van der Waals surface area contributed by atoms with E-state index in [9.17, 15) is 4.79 Å². The van der Waals surface area contributed by atoms with E-state index in [2.05, 4.69) is 4.74 Å². The highest BCUT2D eigenvalue weighted by molar-refractivity contribution is 5.66. The van der Waals surface area contributed by atoms with E-state index < -0.39 is 0 Å². The second kappa shape index (κ2) is 14.4. The molecule has 100 valence electrons. The molecule has 16 heavy (non-hydrogen) atoms. The molecule has 0 aliphatic carbocycles. The summed E-state index contributed by atoms with van der Waals surface area (Å²) in [5, 5.41) is 7.00. The van der Waals surface area contributed by atoms with Crippen molar-refractivity contribution in [2.75, 3.05) is 7.11 Å². The average molecular weight is 236 g/mol. The Bertz CT molecular complexity index is 136. The van der Waals surface area contributed by atoms with Gasteiger partial charge in [0, 0.05) is 14.0 Å². The van der Waals surface area contributed by atoms with Crippen molar-refractivity contribution in [3.05, 3.63) is 0 Å². The van der Waals surface area contributed by atoms with E-state index in [1.54, 1.807) is 0 Å². The number of hydrogen-bond acceptors (Lipinski definition) is 4. The van der Waals surface area contributed by atoms with E-state index in [0.717, 1.165) is 7.11 Å². The van der Waals surface area contributed by atoms with Crippen LogP contribution >= 0.6 is 0 Å². The molecule has 4 heteroatoms. The van der Waals surface area contributed by atoms with Crippen molar-refractivity contribution in [2.24, 2.45) is 0 Å². The molecule has 0 rings (SSSR count). The van der Waals surface area contributed by atoms with E-state index in [1.807, 2.05) is 41.5 Å². The van der Waals surface area contributed by atoms with Gasteiger partial charge in [0.2, 0.25) is 0 Å². The Labute approximate surface area is 99.9 Å². The van der Waals surface area contributed by atoms with Crippen molar-refractivity contribution in [3.8, 4) is 0 Å². The lowest BCUT2D eigenvalue weighted by molar-refractivity contribution is -0.144. The first-order valence-corrected chi connectivity index (χ1v) is 5.53. The number of carbonyl (C=O) groups is 1. The van der Waals surface area contributed by atoms with E-state index in [-0.39, 0.29) is 12.1 Å². The minimum Gasteiger partial charge on any atom is -0.463 e. The minimum atomic E-state index is -0.213. The third kappa shape index (κ3) is 37.6. The van der Waals surface area contributed by atoms with Gasteiger partial charge < -0.3 is 14.6 Å². The van der Waals surface area contributed by atoms with Crippen LogP contribution in [0, 0.1) is 0 Å². The molecule has 0 bridgehead atoms. The first kappa shape index (κ1) is 20.8. The normalized spacial score (nSPS) is 9.25. The van der Waals surface area contributed by atoms with Crippen LogP contribution in [0.2, 0.25) is 0 Å². The molecular formula is C12H28O4. The average Bonchev–Trinajstić information content (AvgIpc) is 2.03. The number of carbonyl (C=O) groups excluding carboxylic acids is 1. The van der Waals surface area contributed by atoms with Crippen LogP contribution in [-0.4, -0.2) is 36.5 Å². The minimum absolute atomic E-state index is 0.0255. The predicted molar refractivity (Wildman–Crippen MR) is 66.4 cm³/mol. The van der Waals surface area contributed by atoms with Gasteiger partial charge in [-0.1, -0.05) is 0 Å². The van der Waals surface area contributed by atoms with Gasteiger partial charge in [-0.05, 0) is 41.5 Å². The molecule has 0 aromatic carbocycles. The van der Waals surface area contributed by atoms with Gasteiger partial charge in [0.25, 0.3) is 0 Å². The van der Waals surface area contributed by atoms with Gasteiger partial charge in [-0.2, -0.15) is 0 Å². The predicted octanol–water partition coefficient (Wildman–Crippen LogP) is 2.39. The highest BCUT2D eigenvalue weighted by Gasteiger charge is 1.94. The lowest BCUT2D eigenvalue weighted by Crippen LogP contribution is -2.09. The Kier molecular flexibility index (Phi) is 18.7. The number of esters is 1. The molecule has 0 heterocycles. The smallest absolute Gasteiger partial charge is 0.302 e. The first-order valence-electron chi connectivity index (χ1n) is 5.53. The summed E-state index contributed by atoms with van der Waals surface area (Å²) >= 11 is 0. The molecule has 0 aliphatic rings. The van der Waals surface area contributed by atoms with Crippen LogP contribution < -0.4 is 0 Å². The Balaban J connectivity index is -0.000000183. The van der Waals surface area contributed by atoms with Crippen LogP contribution in [0.25, 0.3) is 0 Å². The van der Waals surface area contributed by atoms with Crippen LogP contribution in [-0.2, 0) is 14.3 Å². The molecule has 0 aromatic heterocycles. The fourth-order valence-electron chi connectivity index (χ4n) is 0.876. The highest BCUT2D eigenvalue weighted by atomic mass is 16.5. The Morgan fingerprint density at radius 3 is 1.19 bits per heavy atom. The number of ether oxygens (including phenoxy) is 2. The molecule has 0 amide bonds. The summed E-state index contributed by atoms with van der Waals surface area (Å²) in [5.74, 6) is -0.213. The largest absolute Gasteiger partial charge is 0.463 e. The third-order valence-electron chi connectivity index (χ3n) is 0.946. The maximum absolute atomic E-state index is 10.0. The fraction of sp³-hybridized carbons (Fsp3) is 0.917. The molecule has 0 atom stereocenters. The SMILES string of the molecule is CC(=O)OC(C)C.CC(C)OC(C)C.CO. The van der Waals surface area contributed by atoms with E-state index in [0.29, 0.717) is 12.2 Å². The van der Waals surface area contributed by atoms with Gasteiger partial charge >= 0.3 is 5.97 Å². The second-order valence-electron chi connectivity index (χ2n) is 3.89. The van der Waals surface area contributed by atoms with Gasteiger partial charge in [0.1, 0.15) is 0 Å². The van der Waals surface area contributed by atoms with Gasteiger partial charge in [-0.15, -0.1) is 0 Å². The van der Waals surface area contributed by atoms with Crippen molar-refractivity contribution in [1.29, 1.82) is 0 Å². The van der Waals surface area contributed by atoms with Gasteiger partial charge in [-0.25, -0.2) is 0 Å². The number of hydrogen-bond donors (Lipinski definition) is 1. The molecule has 0 unspecified atom stereocenters. The summed E-state index contributed by atoms with van der Waals surface area (Å²) in [7, 11) is 1.00. The van der Waals surface area contributed by atoms with Crippen LogP contribution in [0.5, 0.6) is 0 Å². The molecule has 0 radical (unpaired) electrons. The molecule has 0 saturated heterocycles. The number of aliphatic hydroxyl groups excluding tert-OH is 1. The lowest BCUT2D eigenvalue weighted by atomic mass is 10.4. The Morgan fingerprint density at radius 1 is 0.875 bits per heavy atom. The van der Waals surface area contributed by atoms with Crippen molar-refractivity contribution >= 4 is 5.97 Å². The molecule has 0 aliphatic heterocycles. The van der Waals surface area contributed by atoms with Gasteiger partial charge in [-0.3, -0.25) is 4.79 Å². The quantitative estimate of drug-likeness (QED) is 0.764. The summed E-state index contributed by atoms with van der Waals surface area (Å²) in [6.45, 7) is 13.2. The summed E-state index contributed by atoms with van der Waals surface area (Å²) in [5.41, 5.74) is 0. The zero-order valence-electron chi connectivity index (χ0n) is 11.9. The molecule has 0 fully saturated rings. The van der Waals surface area contributed by atoms with Crippen molar-refractivity contribution in [3.63, 3.8) is 0 Å². The lowest BCUT2D eigenvalue weighted by Gasteiger charge is -2.09. The molecular weight excluding hydrogens is 208 g/mol. The topological polar surface area (TPSA) is 55.8 Å². The number of rotatable bonds is 3. The maximum atomic E-state index is 10.0. The molecule has 0 saturated carbocycles. The highest BCUT2D eigenvalue weighted by Crippen LogP contribution is 1.93. The maximum Gasteiger partial charge on any atom is 0.302 e. The fourth-order valence-corrected chi connectivity index (χ4v) is 0.876. The standard InChI is InChI=1S/C6H14O.C5H10O2.CH4O/c1-5(2)7-6(3)4;1-4(2)7-5(3)6;1-2/h5-6H,1-4H3;4H,1-3H3;2H,1H3. The van der Waals surface area contributed by atoms with Crippen molar-refractivity contribution in [1.82, 2.24) is 0 Å². The zero-order chi connectivity index (χ0) is 13.7. The van der Waals surface area contributed by atoms with E-state index in [1.165, 1.54) is 6.92 Å². The third-order valence-corrected chi connectivity index (χ3v) is 0.946. The Morgan fingerprint density at radius 2 is 1.19 bits per heavy atom.